The van der Waals surface area contributed by atoms with E-state index in [9.17, 15) is 0 Å². The maximum Gasteiger partial charge on any atom is 0.119 e. The number of hydrogen-bond donors (Lipinski definition) is 2. The Balaban J connectivity index is 0.000000640. The van der Waals surface area contributed by atoms with Gasteiger partial charge in [0.1, 0.15) is 5.75 Å². The molecule has 0 aliphatic carbocycles. The molecule has 138 valence electrons. The molecule has 24 heavy (non-hydrogen) atoms. The Hall–Kier alpha value is -1.32. The van der Waals surface area contributed by atoms with Crippen molar-refractivity contribution in [3.8, 4) is 5.75 Å². The fraction of sp³-hybridized carbons (Fsp3) is 0.619. The van der Waals surface area contributed by atoms with Gasteiger partial charge in [0, 0.05) is 6.04 Å². The molecule has 0 fully saturated rings. The van der Waals surface area contributed by atoms with Crippen molar-refractivity contribution >= 4 is 5.57 Å². The second-order valence-corrected chi connectivity index (χ2v) is 6.37. The highest BCUT2D eigenvalue weighted by Crippen LogP contribution is 2.24. The molecule has 3 nitrogen and oxygen atoms in total. The van der Waals surface area contributed by atoms with E-state index in [2.05, 4.69) is 52.0 Å². The Labute approximate surface area is 149 Å². The van der Waals surface area contributed by atoms with E-state index in [1.807, 2.05) is 13.8 Å². The number of benzene rings is 1. The number of ether oxygens (including phenoxy) is 1. The molecule has 0 spiro atoms. The Bertz CT molecular complexity index is 457. The zero-order valence-corrected chi connectivity index (χ0v) is 16.6. The van der Waals surface area contributed by atoms with E-state index in [0.29, 0.717) is 6.04 Å². The van der Waals surface area contributed by atoms with Crippen molar-refractivity contribution in [1.29, 1.82) is 0 Å². The first-order chi connectivity index (χ1) is 11.4. The van der Waals surface area contributed by atoms with Crippen LogP contribution in [0.1, 0.15) is 72.8 Å². The first-order valence-electron chi connectivity index (χ1n) is 9.30. The second kappa shape index (κ2) is 13.0. The number of nitrogens with two attached hydrogens (primary N) is 2. The number of rotatable bonds is 8. The third-order valence-corrected chi connectivity index (χ3v) is 4.10. The van der Waals surface area contributed by atoms with Crippen molar-refractivity contribution < 1.29 is 4.74 Å². The number of hydrogen-bond acceptors (Lipinski definition) is 3. The summed E-state index contributed by atoms with van der Waals surface area (Å²) < 4.78 is 5.65. The molecule has 1 atom stereocenters. The SMILES string of the molecule is CCC(CC)=C(C)c1ccc(OC(C)C)cc1.CCC(N)CCN. The zero-order chi connectivity index (χ0) is 18.5. The van der Waals surface area contributed by atoms with Crippen LogP contribution < -0.4 is 16.2 Å². The topological polar surface area (TPSA) is 61.3 Å². The first kappa shape index (κ1) is 22.7. The molecule has 0 bridgehead atoms. The van der Waals surface area contributed by atoms with Crippen LogP contribution in [0.25, 0.3) is 5.57 Å². The van der Waals surface area contributed by atoms with Crippen LogP contribution in [-0.4, -0.2) is 18.7 Å². The van der Waals surface area contributed by atoms with Gasteiger partial charge in [-0.3, -0.25) is 0 Å². The van der Waals surface area contributed by atoms with Crippen LogP contribution in [0.15, 0.2) is 29.8 Å². The third-order valence-electron chi connectivity index (χ3n) is 4.10. The minimum atomic E-state index is 0.235. The smallest absolute Gasteiger partial charge is 0.119 e. The summed E-state index contributed by atoms with van der Waals surface area (Å²) in [4.78, 5) is 0. The molecular formula is C21H38N2O. The maximum absolute atomic E-state index is 5.65. The van der Waals surface area contributed by atoms with E-state index in [-0.39, 0.29) is 6.10 Å². The van der Waals surface area contributed by atoms with Crippen molar-refractivity contribution in [3.63, 3.8) is 0 Å². The predicted octanol–water partition coefficient (Wildman–Crippen LogP) is 5.14. The van der Waals surface area contributed by atoms with Gasteiger partial charge in [-0.15, -0.1) is 0 Å². The molecule has 0 heterocycles. The van der Waals surface area contributed by atoms with Gasteiger partial charge in [0.05, 0.1) is 6.10 Å². The lowest BCUT2D eigenvalue weighted by atomic mass is 9.98. The van der Waals surface area contributed by atoms with E-state index in [4.69, 9.17) is 16.2 Å². The predicted molar refractivity (Wildman–Crippen MR) is 107 cm³/mol. The maximum atomic E-state index is 5.65. The summed E-state index contributed by atoms with van der Waals surface area (Å²) in [5.74, 6) is 0.950. The van der Waals surface area contributed by atoms with Crippen LogP contribution in [0.4, 0.5) is 0 Å². The summed E-state index contributed by atoms with van der Waals surface area (Å²) in [5.41, 5.74) is 15.0. The molecule has 0 aliphatic heterocycles. The summed E-state index contributed by atoms with van der Waals surface area (Å²) in [6.07, 6.45) is 4.49. The fourth-order valence-corrected chi connectivity index (χ4v) is 2.46. The van der Waals surface area contributed by atoms with E-state index in [1.165, 1.54) is 16.7 Å². The van der Waals surface area contributed by atoms with Gasteiger partial charge in [-0.1, -0.05) is 38.5 Å². The van der Waals surface area contributed by atoms with Crippen molar-refractivity contribution in [2.24, 2.45) is 11.5 Å². The average Bonchev–Trinajstić information content (AvgIpc) is 2.56. The molecule has 1 aromatic rings. The fourth-order valence-electron chi connectivity index (χ4n) is 2.46. The minimum Gasteiger partial charge on any atom is -0.491 e. The van der Waals surface area contributed by atoms with Gasteiger partial charge in [-0.05, 0) is 76.3 Å². The van der Waals surface area contributed by atoms with Crippen molar-refractivity contribution in [2.45, 2.75) is 79.4 Å². The standard InChI is InChI=1S/C16H24O.C5H14N2/c1-6-14(7-2)13(5)15-8-10-16(11-9-15)17-12(3)4;1-2-5(7)3-4-6/h8-12H,6-7H2,1-5H3;5H,2-4,6-7H2,1H3. The van der Waals surface area contributed by atoms with Gasteiger partial charge in [-0.2, -0.15) is 0 Å². The largest absolute Gasteiger partial charge is 0.491 e. The van der Waals surface area contributed by atoms with Crippen LogP contribution in [0, 0.1) is 0 Å². The summed E-state index contributed by atoms with van der Waals surface area (Å²) >= 11 is 0. The summed E-state index contributed by atoms with van der Waals surface area (Å²) in [6, 6.07) is 8.74. The second-order valence-electron chi connectivity index (χ2n) is 6.37. The first-order valence-corrected chi connectivity index (χ1v) is 9.30. The van der Waals surface area contributed by atoms with Gasteiger partial charge >= 0.3 is 0 Å². The summed E-state index contributed by atoms with van der Waals surface area (Å²) in [6.45, 7) is 13.5. The lowest BCUT2D eigenvalue weighted by Crippen LogP contribution is -2.22. The van der Waals surface area contributed by atoms with E-state index in [0.717, 1.165) is 38.0 Å². The molecule has 0 amide bonds. The molecule has 1 unspecified atom stereocenters. The van der Waals surface area contributed by atoms with Crippen LogP contribution >= 0.6 is 0 Å². The zero-order valence-electron chi connectivity index (χ0n) is 16.6. The average molecular weight is 335 g/mol. The van der Waals surface area contributed by atoms with E-state index < -0.39 is 0 Å². The molecule has 0 saturated carbocycles. The van der Waals surface area contributed by atoms with Crippen molar-refractivity contribution in [2.75, 3.05) is 6.54 Å². The summed E-state index contributed by atoms with van der Waals surface area (Å²) in [5, 5.41) is 0. The molecule has 0 saturated heterocycles. The molecule has 4 N–H and O–H groups in total. The highest BCUT2D eigenvalue weighted by Gasteiger charge is 2.03. The normalized spacial score (nSPS) is 11.5. The van der Waals surface area contributed by atoms with Gasteiger partial charge in [0.2, 0.25) is 0 Å². The van der Waals surface area contributed by atoms with E-state index in [1.54, 1.807) is 0 Å². The molecule has 0 aliphatic rings. The molecule has 3 heteroatoms. The molecular weight excluding hydrogens is 296 g/mol. The van der Waals surface area contributed by atoms with Gasteiger partial charge in [0.25, 0.3) is 0 Å². The Morgan fingerprint density at radius 3 is 1.92 bits per heavy atom. The Morgan fingerprint density at radius 2 is 1.58 bits per heavy atom. The van der Waals surface area contributed by atoms with Crippen LogP contribution in [-0.2, 0) is 0 Å². The quantitative estimate of drug-likeness (QED) is 0.692. The van der Waals surface area contributed by atoms with Gasteiger partial charge < -0.3 is 16.2 Å². The molecule has 0 aromatic heterocycles. The lowest BCUT2D eigenvalue weighted by molar-refractivity contribution is 0.242. The molecule has 1 aromatic carbocycles. The Morgan fingerprint density at radius 1 is 1.04 bits per heavy atom. The highest BCUT2D eigenvalue weighted by molar-refractivity contribution is 5.67. The van der Waals surface area contributed by atoms with Crippen LogP contribution in [0.2, 0.25) is 0 Å². The lowest BCUT2D eigenvalue weighted by Gasteiger charge is -2.12. The van der Waals surface area contributed by atoms with Gasteiger partial charge in [0.15, 0.2) is 0 Å². The minimum absolute atomic E-state index is 0.235. The van der Waals surface area contributed by atoms with Crippen LogP contribution in [0.3, 0.4) is 0 Å². The van der Waals surface area contributed by atoms with Crippen LogP contribution in [0.5, 0.6) is 5.75 Å². The Kier molecular flexibility index (Phi) is 12.3. The van der Waals surface area contributed by atoms with Crippen molar-refractivity contribution in [1.82, 2.24) is 0 Å². The van der Waals surface area contributed by atoms with Gasteiger partial charge in [-0.25, -0.2) is 0 Å². The highest BCUT2D eigenvalue weighted by atomic mass is 16.5. The van der Waals surface area contributed by atoms with E-state index >= 15 is 0 Å². The van der Waals surface area contributed by atoms with Crippen molar-refractivity contribution in [3.05, 3.63) is 35.4 Å². The monoisotopic (exact) mass is 334 g/mol. The number of allylic oxidation sites excluding steroid dienone is 2. The third kappa shape index (κ3) is 9.09. The molecule has 1 rings (SSSR count). The molecule has 0 radical (unpaired) electrons. The summed E-state index contributed by atoms with van der Waals surface area (Å²) in [7, 11) is 0.